The van der Waals surface area contributed by atoms with Crippen LogP contribution in [0, 0.1) is 5.41 Å². The van der Waals surface area contributed by atoms with Gasteiger partial charge in [-0.2, -0.15) is 0 Å². The summed E-state index contributed by atoms with van der Waals surface area (Å²) in [5.41, 5.74) is 3.69. The summed E-state index contributed by atoms with van der Waals surface area (Å²) in [6.07, 6.45) is 2.12. The maximum absolute atomic E-state index is 12.8. The number of aromatic nitrogens is 1. The van der Waals surface area contributed by atoms with Crippen molar-refractivity contribution in [3.8, 4) is 0 Å². The summed E-state index contributed by atoms with van der Waals surface area (Å²) in [7, 11) is 0. The van der Waals surface area contributed by atoms with Gasteiger partial charge in [0.2, 0.25) is 0 Å². The van der Waals surface area contributed by atoms with Gasteiger partial charge >= 0.3 is 5.97 Å². The Hall–Kier alpha value is -2.81. The third-order valence-corrected chi connectivity index (χ3v) is 4.99. The molecule has 0 bridgehead atoms. The van der Waals surface area contributed by atoms with Gasteiger partial charge in [0.05, 0.1) is 6.61 Å². The summed E-state index contributed by atoms with van der Waals surface area (Å²) in [4.78, 5) is 12.8. The highest BCUT2D eigenvalue weighted by atomic mass is 16.5. The van der Waals surface area contributed by atoms with Crippen molar-refractivity contribution >= 4 is 28.5 Å². The number of hydrogen-bond donors (Lipinski definition) is 0. The lowest BCUT2D eigenvalue weighted by Crippen LogP contribution is -2.30. The number of esters is 1. The van der Waals surface area contributed by atoms with Crippen LogP contribution in [-0.4, -0.2) is 17.1 Å². The van der Waals surface area contributed by atoms with Crippen molar-refractivity contribution in [2.75, 3.05) is 6.61 Å². The third-order valence-electron chi connectivity index (χ3n) is 4.99. The van der Waals surface area contributed by atoms with Gasteiger partial charge in [-0.1, -0.05) is 48.5 Å². The van der Waals surface area contributed by atoms with Crippen LogP contribution in [0.2, 0.25) is 0 Å². The van der Waals surface area contributed by atoms with Crippen molar-refractivity contribution in [3.63, 3.8) is 0 Å². The first-order valence-electron chi connectivity index (χ1n) is 8.66. The highest BCUT2D eigenvalue weighted by Gasteiger charge is 2.46. The first kappa shape index (κ1) is 15.7. The largest absolute Gasteiger partial charge is 0.465 e. The highest BCUT2D eigenvalue weighted by molar-refractivity contribution is 6.02. The average Bonchev–Trinajstić information content (AvgIpc) is 3.11. The van der Waals surface area contributed by atoms with Crippen molar-refractivity contribution in [3.05, 3.63) is 71.9 Å². The van der Waals surface area contributed by atoms with Gasteiger partial charge in [-0.15, -0.1) is 0 Å². The van der Waals surface area contributed by atoms with Gasteiger partial charge in [0, 0.05) is 23.1 Å². The lowest BCUT2D eigenvalue weighted by Gasteiger charge is -2.23. The summed E-state index contributed by atoms with van der Waals surface area (Å²) >= 11 is 0. The second kappa shape index (κ2) is 5.92. The number of nitrogens with zero attached hydrogens (tertiary/aromatic N) is 1. The Morgan fingerprint density at radius 2 is 1.88 bits per heavy atom. The van der Waals surface area contributed by atoms with Gasteiger partial charge in [-0.05, 0) is 43.2 Å². The molecule has 2 heterocycles. The second-order valence-electron chi connectivity index (χ2n) is 6.70. The topological polar surface area (TPSA) is 31.2 Å². The van der Waals surface area contributed by atoms with Gasteiger partial charge in [-0.25, -0.2) is 0 Å². The molecule has 0 N–H and O–H groups in total. The molecule has 0 spiro atoms. The van der Waals surface area contributed by atoms with Crippen molar-refractivity contribution in [2.24, 2.45) is 5.41 Å². The van der Waals surface area contributed by atoms with E-state index in [0.29, 0.717) is 13.2 Å². The molecule has 2 aromatic carbocycles. The molecule has 0 saturated carbocycles. The second-order valence-corrected chi connectivity index (χ2v) is 6.70. The summed E-state index contributed by atoms with van der Waals surface area (Å²) in [5.74, 6) is -0.162. The Kier molecular flexibility index (Phi) is 3.72. The van der Waals surface area contributed by atoms with Gasteiger partial charge in [0.15, 0.2) is 0 Å². The van der Waals surface area contributed by atoms with Crippen molar-refractivity contribution in [1.29, 1.82) is 0 Å². The molecule has 3 aromatic rings. The minimum atomic E-state index is -0.675. The zero-order valence-corrected chi connectivity index (χ0v) is 14.5. The fraction of sp³-hybridized carbons (Fsp3) is 0.227. The molecule has 0 radical (unpaired) electrons. The summed E-state index contributed by atoms with van der Waals surface area (Å²) in [5, 5.41) is 1.20. The van der Waals surface area contributed by atoms with E-state index in [-0.39, 0.29) is 5.97 Å². The predicted molar refractivity (Wildman–Crippen MR) is 101 cm³/mol. The molecule has 1 aliphatic heterocycles. The van der Waals surface area contributed by atoms with E-state index in [0.717, 1.165) is 22.3 Å². The van der Waals surface area contributed by atoms with E-state index in [4.69, 9.17) is 4.74 Å². The van der Waals surface area contributed by atoms with Crippen LogP contribution in [-0.2, 0) is 16.1 Å². The number of benzene rings is 2. The molecule has 4 rings (SSSR count). The van der Waals surface area contributed by atoms with Crippen LogP contribution in [0.1, 0.15) is 25.1 Å². The van der Waals surface area contributed by atoms with Crippen LogP contribution in [0.4, 0.5) is 0 Å². The minimum absolute atomic E-state index is 0.162. The van der Waals surface area contributed by atoms with E-state index in [1.807, 2.05) is 44.2 Å². The molecular formula is C22H21NO2. The van der Waals surface area contributed by atoms with Gasteiger partial charge in [-0.3, -0.25) is 4.79 Å². The molecule has 126 valence electrons. The standard InChI is InChI=1S/C22H21NO2/c1-3-25-21(24)22(2)15-23-19-12-8-7-11-17(19)14-20(23)18(22)13-16-9-5-4-6-10-16/h4-14H,3,15H2,1-2H3/b18-13+/t22-/m1/s1. The van der Waals surface area contributed by atoms with Gasteiger partial charge in [0.25, 0.3) is 0 Å². The quantitative estimate of drug-likeness (QED) is 0.648. The highest BCUT2D eigenvalue weighted by Crippen LogP contribution is 2.47. The molecule has 0 unspecified atom stereocenters. The van der Waals surface area contributed by atoms with Crippen molar-refractivity contribution < 1.29 is 9.53 Å². The molecule has 0 aliphatic carbocycles. The molecule has 0 amide bonds. The molecular weight excluding hydrogens is 310 g/mol. The van der Waals surface area contributed by atoms with E-state index in [1.54, 1.807) is 0 Å². The van der Waals surface area contributed by atoms with Crippen LogP contribution in [0.5, 0.6) is 0 Å². The van der Waals surface area contributed by atoms with E-state index in [2.05, 4.69) is 41.0 Å². The lowest BCUT2D eigenvalue weighted by atomic mass is 9.82. The van der Waals surface area contributed by atoms with E-state index in [1.165, 1.54) is 5.39 Å². The summed E-state index contributed by atoms with van der Waals surface area (Å²) in [6.45, 7) is 4.84. The number of rotatable bonds is 3. The summed E-state index contributed by atoms with van der Waals surface area (Å²) < 4.78 is 7.65. The fourth-order valence-corrected chi connectivity index (χ4v) is 3.70. The SMILES string of the molecule is CCOC(=O)[C@]1(C)Cn2c(cc3ccccc32)/C1=C\c1ccccc1. The molecule has 3 nitrogen and oxygen atoms in total. The number of carbonyl (C=O) groups excluding carboxylic acids is 1. The number of ether oxygens (including phenoxy) is 1. The Labute approximate surface area is 147 Å². The van der Waals surface area contributed by atoms with E-state index in [9.17, 15) is 4.79 Å². The molecule has 3 heteroatoms. The van der Waals surface area contributed by atoms with Crippen molar-refractivity contribution in [1.82, 2.24) is 4.57 Å². The Balaban J connectivity index is 1.92. The minimum Gasteiger partial charge on any atom is -0.465 e. The Morgan fingerprint density at radius 1 is 1.16 bits per heavy atom. The molecule has 0 fully saturated rings. The molecule has 0 saturated heterocycles. The zero-order valence-electron chi connectivity index (χ0n) is 14.5. The first-order valence-corrected chi connectivity index (χ1v) is 8.66. The van der Waals surface area contributed by atoms with Crippen LogP contribution in [0.25, 0.3) is 22.6 Å². The predicted octanol–water partition coefficient (Wildman–Crippen LogP) is 4.76. The maximum atomic E-state index is 12.8. The normalized spacial score (nSPS) is 20.8. The zero-order chi connectivity index (χ0) is 17.4. The monoisotopic (exact) mass is 331 g/mol. The fourth-order valence-electron chi connectivity index (χ4n) is 3.70. The van der Waals surface area contributed by atoms with Crippen molar-refractivity contribution in [2.45, 2.75) is 20.4 Å². The molecule has 25 heavy (non-hydrogen) atoms. The molecule has 1 aromatic heterocycles. The lowest BCUT2D eigenvalue weighted by molar-refractivity contribution is -0.151. The summed E-state index contributed by atoms with van der Waals surface area (Å²) in [6, 6.07) is 20.6. The number of carbonyl (C=O) groups is 1. The Bertz CT molecular complexity index is 968. The average molecular weight is 331 g/mol. The number of fused-ring (bicyclic) bond motifs is 3. The van der Waals surface area contributed by atoms with Gasteiger partial charge < -0.3 is 9.30 Å². The number of hydrogen-bond acceptors (Lipinski definition) is 2. The van der Waals surface area contributed by atoms with Crippen LogP contribution in [0.15, 0.2) is 60.7 Å². The number of para-hydroxylation sites is 1. The Morgan fingerprint density at radius 3 is 2.64 bits per heavy atom. The van der Waals surface area contributed by atoms with Crippen LogP contribution in [0.3, 0.4) is 0 Å². The van der Waals surface area contributed by atoms with E-state index >= 15 is 0 Å². The first-order chi connectivity index (χ1) is 12.1. The van der Waals surface area contributed by atoms with Gasteiger partial charge in [0.1, 0.15) is 5.41 Å². The molecule has 1 aliphatic rings. The van der Waals surface area contributed by atoms with E-state index < -0.39 is 5.41 Å². The maximum Gasteiger partial charge on any atom is 0.318 e. The smallest absolute Gasteiger partial charge is 0.318 e. The van der Waals surface area contributed by atoms with Crippen LogP contribution >= 0.6 is 0 Å². The van der Waals surface area contributed by atoms with Crippen LogP contribution < -0.4 is 0 Å². The molecule has 1 atom stereocenters. The third kappa shape index (κ3) is 2.47.